The molecule has 2 heterocycles. The number of aromatic nitrogens is 2. The number of nitrogens with zero attached hydrogens (tertiary/aromatic N) is 3. The summed E-state index contributed by atoms with van der Waals surface area (Å²) in [6.45, 7) is 0.606. The fourth-order valence-corrected chi connectivity index (χ4v) is 2.31. The Labute approximate surface area is 126 Å². The van der Waals surface area contributed by atoms with Crippen LogP contribution in [0.2, 0.25) is 0 Å². The van der Waals surface area contributed by atoms with Crippen LogP contribution in [0.5, 0.6) is 0 Å². The van der Waals surface area contributed by atoms with Crippen LogP contribution in [-0.4, -0.2) is 57.5 Å². The number of hydrogen-bond acceptors (Lipinski definition) is 4. The molecule has 1 unspecified atom stereocenters. The van der Waals surface area contributed by atoms with Crippen molar-refractivity contribution in [2.75, 3.05) is 19.7 Å². The molecule has 22 heavy (non-hydrogen) atoms. The maximum absolute atomic E-state index is 12.4. The summed E-state index contributed by atoms with van der Waals surface area (Å²) in [5.74, 6) is -1.35. The molecule has 1 aliphatic heterocycles. The van der Waals surface area contributed by atoms with Crippen LogP contribution in [0.4, 0.5) is 0 Å². The zero-order chi connectivity index (χ0) is 15.5. The minimum Gasteiger partial charge on any atom is -0.479 e. The van der Waals surface area contributed by atoms with Gasteiger partial charge in [0.1, 0.15) is 0 Å². The molecule has 1 amide bonds. The van der Waals surface area contributed by atoms with Crippen LogP contribution in [0, 0.1) is 0 Å². The number of carbonyl (C=O) groups excluding carboxylic acids is 1. The van der Waals surface area contributed by atoms with E-state index in [0.29, 0.717) is 6.54 Å². The topological polar surface area (TPSA) is 84.7 Å². The van der Waals surface area contributed by atoms with Gasteiger partial charge in [0.2, 0.25) is 0 Å². The second kappa shape index (κ2) is 5.98. The van der Waals surface area contributed by atoms with Crippen LogP contribution in [0.1, 0.15) is 10.5 Å². The maximum atomic E-state index is 12.4. The molecule has 1 aromatic carbocycles. The van der Waals surface area contributed by atoms with Gasteiger partial charge in [-0.05, 0) is 18.2 Å². The van der Waals surface area contributed by atoms with Crippen molar-refractivity contribution in [2.24, 2.45) is 0 Å². The van der Waals surface area contributed by atoms with Crippen molar-refractivity contribution in [3.05, 3.63) is 48.3 Å². The van der Waals surface area contributed by atoms with Crippen LogP contribution in [0.25, 0.3) is 5.69 Å². The average Bonchev–Trinajstić information content (AvgIpc) is 3.05. The normalized spacial score (nSPS) is 18.2. The lowest BCUT2D eigenvalue weighted by Gasteiger charge is -2.30. The van der Waals surface area contributed by atoms with Gasteiger partial charge in [0.15, 0.2) is 11.8 Å². The molecule has 1 atom stereocenters. The summed E-state index contributed by atoms with van der Waals surface area (Å²) >= 11 is 0. The van der Waals surface area contributed by atoms with E-state index in [-0.39, 0.29) is 24.8 Å². The highest BCUT2D eigenvalue weighted by Gasteiger charge is 2.30. The van der Waals surface area contributed by atoms with Gasteiger partial charge in [-0.15, -0.1) is 0 Å². The second-order valence-corrected chi connectivity index (χ2v) is 4.93. The SMILES string of the molecule is O=C(O)C1CN(C(=O)c2ccn(-c3ccccc3)n2)CCO1. The zero-order valence-corrected chi connectivity index (χ0v) is 11.8. The molecule has 1 aliphatic rings. The fourth-order valence-electron chi connectivity index (χ4n) is 2.31. The summed E-state index contributed by atoms with van der Waals surface area (Å²) in [6, 6.07) is 11.1. The quantitative estimate of drug-likeness (QED) is 0.906. The van der Waals surface area contributed by atoms with Gasteiger partial charge in [-0.3, -0.25) is 4.79 Å². The molecular weight excluding hydrogens is 286 g/mol. The Morgan fingerprint density at radius 2 is 2.00 bits per heavy atom. The van der Waals surface area contributed by atoms with Crippen LogP contribution in [0.15, 0.2) is 42.6 Å². The van der Waals surface area contributed by atoms with Crippen LogP contribution < -0.4 is 0 Å². The van der Waals surface area contributed by atoms with Crippen LogP contribution in [-0.2, 0) is 9.53 Å². The van der Waals surface area contributed by atoms with Gasteiger partial charge in [-0.2, -0.15) is 5.10 Å². The minimum atomic E-state index is -1.06. The first kappa shape index (κ1) is 14.3. The molecule has 0 radical (unpaired) electrons. The molecule has 0 bridgehead atoms. The lowest BCUT2D eigenvalue weighted by Crippen LogP contribution is -2.48. The first-order valence-electron chi connectivity index (χ1n) is 6.90. The van der Waals surface area contributed by atoms with E-state index in [1.165, 1.54) is 4.90 Å². The Bertz CT molecular complexity index is 683. The molecule has 0 saturated carbocycles. The van der Waals surface area contributed by atoms with Crippen molar-refractivity contribution in [1.29, 1.82) is 0 Å². The number of benzene rings is 1. The third kappa shape index (κ3) is 2.84. The number of aliphatic carboxylic acids is 1. The van der Waals surface area contributed by atoms with E-state index in [1.807, 2.05) is 30.3 Å². The van der Waals surface area contributed by atoms with E-state index in [0.717, 1.165) is 5.69 Å². The lowest BCUT2D eigenvalue weighted by molar-refractivity contribution is -0.154. The molecule has 0 spiro atoms. The van der Waals surface area contributed by atoms with E-state index >= 15 is 0 Å². The lowest BCUT2D eigenvalue weighted by atomic mass is 10.2. The number of amides is 1. The number of morpholine rings is 1. The van der Waals surface area contributed by atoms with Gasteiger partial charge < -0.3 is 14.7 Å². The Hall–Kier alpha value is -2.67. The average molecular weight is 301 g/mol. The van der Waals surface area contributed by atoms with Gasteiger partial charge in [0.05, 0.1) is 18.8 Å². The molecule has 2 aromatic rings. The molecule has 7 heteroatoms. The molecule has 0 aliphatic carbocycles. The number of para-hydroxylation sites is 1. The third-order valence-electron chi connectivity index (χ3n) is 3.46. The number of rotatable bonds is 3. The minimum absolute atomic E-state index is 0.0341. The van der Waals surface area contributed by atoms with E-state index in [1.54, 1.807) is 16.9 Å². The van der Waals surface area contributed by atoms with Gasteiger partial charge in [-0.25, -0.2) is 9.48 Å². The van der Waals surface area contributed by atoms with Crippen molar-refractivity contribution < 1.29 is 19.4 Å². The summed E-state index contributed by atoms with van der Waals surface area (Å²) in [5.41, 5.74) is 1.14. The Morgan fingerprint density at radius 1 is 1.23 bits per heavy atom. The highest BCUT2D eigenvalue weighted by atomic mass is 16.5. The summed E-state index contributed by atoms with van der Waals surface area (Å²) in [4.78, 5) is 24.8. The monoisotopic (exact) mass is 301 g/mol. The number of hydrogen-bond donors (Lipinski definition) is 1. The third-order valence-corrected chi connectivity index (χ3v) is 3.46. The first-order chi connectivity index (χ1) is 10.6. The summed E-state index contributed by atoms with van der Waals surface area (Å²) in [5, 5.41) is 13.2. The molecule has 1 fully saturated rings. The predicted molar refractivity (Wildman–Crippen MR) is 76.8 cm³/mol. The van der Waals surface area contributed by atoms with E-state index < -0.39 is 12.1 Å². The molecular formula is C15H15N3O4. The van der Waals surface area contributed by atoms with E-state index in [2.05, 4.69) is 5.10 Å². The second-order valence-electron chi connectivity index (χ2n) is 4.93. The highest BCUT2D eigenvalue weighted by molar-refractivity contribution is 5.92. The molecule has 1 saturated heterocycles. The highest BCUT2D eigenvalue weighted by Crippen LogP contribution is 2.12. The number of carbonyl (C=O) groups is 2. The molecule has 1 aromatic heterocycles. The fraction of sp³-hybridized carbons (Fsp3) is 0.267. The summed E-state index contributed by atoms with van der Waals surface area (Å²) in [7, 11) is 0. The maximum Gasteiger partial charge on any atom is 0.334 e. The van der Waals surface area contributed by atoms with Gasteiger partial charge in [-0.1, -0.05) is 18.2 Å². The first-order valence-corrected chi connectivity index (χ1v) is 6.90. The molecule has 1 N–H and O–H groups in total. The Morgan fingerprint density at radius 3 is 2.73 bits per heavy atom. The van der Waals surface area contributed by atoms with Crippen LogP contribution in [0.3, 0.4) is 0 Å². The predicted octanol–water partition coefficient (Wildman–Crippen LogP) is 0.798. The number of carboxylic acids is 1. The van der Waals surface area contributed by atoms with E-state index in [9.17, 15) is 9.59 Å². The standard InChI is InChI=1S/C15H15N3O4/c19-14(17-8-9-22-13(10-17)15(20)21)12-6-7-18(16-12)11-4-2-1-3-5-11/h1-7,13H,8-10H2,(H,20,21). The van der Waals surface area contributed by atoms with Gasteiger partial charge in [0, 0.05) is 12.7 Å². The van der Waals surface area contributed by atoms with Crippen molar-refractivity contribution >= 4 is 11.9 Å². The largest absolute Gasteiger partial charge is 0.479 e. The molecule has 7 nitrogen and oxygen atoms in total. The Kier molecular flexibility index (Phi) is 3.88. The zero-order valence-electron chi connectivity index (χ0n) is 11.8. The number of carboxylic acid groups (broad SMARTS) is 1. The van der Waals surface area contributed by atoms with Gasteiger partial charge in [0.25, 0.3) is 5.91 Å². The van der Waals surface area contributed by atoms with Crippen molar-refractivity contribution in [3.63, 3.8) is 0 Å². The molecule has 3 rings (SSSR count). The Balaban J connectivity index is 1.76. The van der Waals surface area contributed by atoms with Crippen molar-refractivity contribution in [2.45, 2.75) is 6.10 Å². The van der Waals surface area contributed by atoms with Gasteiger partial charge >= 0.3 is 5.97 Å². The summed E-state index contributed by atoms with van der Waals surface area (Å²) < 4.78 is 6.72. The van der Waals surface area contributed by atoms with Crippen LogP contribution >= 0.6 is 0 Å². The van der Waals surface area contributed by atoms with Crippen molar-refractivity contribution in [1.82, 2.24) is 14.7 Å². The van der Waals surface area contributed by atoms with E-state index in [4.69, 9.17) is 9.84 Å². The number of ether oxygens (including phenoxy) is 1. The van der Waals surface area contributed by atoms with Crippen molar-refractivity contribution in [3.8, 4) is 5.69 Å². The summed E-state index contributed by atoms with van der Waals surface area (Å²) in [6.07, 6.45) is 0.728. The smallest absolute Gasteiger partial charge is 0.334 e. The molecule has 114 valence electrons.